The maximum atomic E-state index is 10.7. The van der Waals surface area contributed by atoms with Crippen molar-refractivity contribution in [3.63, 3.8) is 0 Å². The first-order chi connectivity index (χ1) is 8.16. The number of nitrogen functional groups attached to an aromatic ring is 1. The molecule has 0 aliphatic carbocycles. The summed E-state index contributed by atoms with van der Waals surface area (Å²) >= 11 is 0. The Balaban J connectivity index is 2.09. The number of aromatic nitrogens is 1. The van der Waals surface area contributed by atoms with E-state index in [0.717, 1.165) is 11.3 Å². The molecular weight excluding hydrogens is 218 g/mol. The molecule has 2 aromatic rings. The summed E-state index contributed by atoms with van der Waals surface area (Å²) in [5, 5.41) is 11.9. The second-order valence-corrected chi connectivity index (χ2v) is 3.68. The molecule has 88 valence electrons. The zero-order valence-corrected chi connectivity index (χ0v) is 9.10. The normalized spacial score (nSPS) is 10.1. The molecule has 0 bridgehead atoms. The van der Waals surface area contributed by atoms with Gasteiger partial charge in [-0.05, 0) is 29.8 Å². The number of H-pyrrole nitrogens is 1. The number of hydrogen-bond acceptors (Lipinski definition) is 3. The second-order valence-electron chi connectivity index (χ2n) is 3.68. The number of rotatable bonds is 4. The smallest absolute Gasteiger partial charge is 0.335 e. The third-order valence-electron chi connectivity index (χ3n) is 2.44. The molecule has 1 aromatic carbocycles. The molecular formula is C12H13N3O2. The van der Waals surface area contributed by atoms with E-state index in [2.05, 4.69) is 10.3 Å². The van der Waals surface area contributed by atoms with Gasteiger partial charge in [-0.1, -0.05) is 0 Å². The molecule has 5 nitrogen and oxygen atoms in total. The Morgan fingerprint density at radius 2 is 2.24 bits per heavy atom. The Morgan fingerprint density at radius 3 is 2.82 bits per heavy atom. The molecule has 0 amide bonds. The standard InChI is InChI=1S/C12H13N3O2/c13-10-5-9(12(16)17)1-2-11(10)15-7-8-3-4-14-6-8/h1-6,14-15H,7,13H2,(H,16,17). The number of aromatic amines is 1. The van der Waals surface area contributed by atoms with Crippen molar-refractivity contribution in [1.82, 2.24) is 4.98 Å². The Labute approximate surface area is 98.3 Å². The van der Waals surface area contributed by atoms with Gasteiger partial charge >= 0.3 is 5.97 Å². The zero-order valence-electron chi connectivity index (χ0n) is 9.10. The van der Waals surface area contributed by atoms with E-state index >= 15 is 0 Å². The summed E-state index contributed by atoms with van der Waals surface area (Å²) in [5.74, 6) is -0.978. The lowest BCUT2D eigenvalue weighted by atomic mass is 10.1. The van der Waals surface area contributed by atoms with E-state index in [0.29, 0.717) is 12.2 Å². The summed E-state index contributed by atoms with van der Waals surface area (Å²) in [5.41, 5.74) is 8.22. The van der Waals surface area contributed by atoms with Gasteiger partial charge in [0, 0.05) is 18.9 Å². The average molecular weight is 231 g/mol. The first-order valence-corrected chi connectivity index (χ1v) is 5.15. The largest absolute Gasteiger partial charge is 0.478 e. The van der Waals surface area contributed by atoms with Crippen LogP contribution in [-0.4, -0.2) is 16.1 Å². The Bertz CT molecular complexity index is 521. The SMILES string of the molecule is Nc1cc(C(=O)O)ccc1NCc1cc[nH]c1. The highest BCUT2D eigenvalue weighted by Gasteiger charge is 2.05. The molecule has 0 radical (unpaired) electrons. The summed E-state index contributed by atoms with van der Waals surface area (Å²) in [6.07, 6.45) is 3.72. The summed E-state index contributed by atoms with van der Waals surface area (Å²) < 4.78 is 0. The monoisotopic (exact) mass is 231 g/mol. The van der Waals surface area contributed by atoms with Crippen LogP contribution < -0.4 is 11.1 Å². The molecule has 5 N–H and O–H groups in total. The molecule has 0 aliphatic rings. The number of aromatic carboxylic acids is 1. The second kappa shape index (κ2) is 4.61. The van der Waals surface area contributed by atoms with E-state index in [1.54, 1.807) is 6.07 Å². The van der Waals surface area contributed by atoms with Gasteiger partial charge in [0.1, 0.15) is 0 Å². The molecule has 0 saturated heterocycles. The van der Waals surface area contributed by atoms with Crippen LogP contribution in [0.3, 0.4) is 0 Å². The van der Waals surface area contributed by atoms with E-state index in [1.165, 1.54) is 12.1 Å². The van der Waals surface area contributed by atoms with Crippen LogP contribution in [0.25, 0.3) is 0 Å². The van der Waals surface area contributed by atoms with Crippen LogP contribution in [0, 0.1) is 0 Å². The van der Waals surface area contributed by atoms with Gasteiger partial charge in [0.15, 0.2) is 0 Å². The van der Waals surface area contributed by atoms with E-state index in [1.807, 2.05) is 18.5 Å². The molecule has 0 saturated carbocycles. The minimum absolute atomic E-state index is 0.190. The zero-order chi connectivity index (χ0) is 12.3. The number of carboxylic acid groups (broad SMARTS) is 1. The Hall–Kier alpha value is -2.43. The van der Waals surface area contributed by atoms with E-state index in [9.17, 15) is 4.79 Å². The van der Waals surface area contributed by atoms with Crippen molar-refractivity contribution in [1.29, 1.82) is 0 Å². The minimum Gasteiger partial charge on any atom is -0.478 e. The number of carbonyl (C=O) groups is 1. The number of benzene rings is 1. The predicted molar refractivity (Wildman–Crippen MR) is 65.9 cm³/mol. The van der Waals surface area contributed by atoms with Gasteiger partial charge in [-0.15, -0.1) is 0 Å². The van der Waals surface area contributed by atoms with E-state index in [-0.39, 0.29) is 5.56 Å². The molecule has 0 fully saturated rings. The Morgan fingerprint density at radius 1 is 1.41 bits per heavy atom. The van der Waals surface area contributed by atoms with Crippen molar-refractivity contribution < 1.29 is 9.90 Å². The van der Waals surface area contributed by atoms with Gasteiger partial charge in [0.05, 0.1) is 16.9 Å². The minimum atomic E-state index is -0.978. The molecule has 0 atom stereocenters. The van der Waals surface area contributed by atoms with Crippen molar-refractivity contribution >= 4 is 17.3 Å². The third-order valence-corrected chi connectivity index (χ3v) is 2.44. The van der Waals surface area contributed by atoms with Crippen LogP contribution in [0.5, 0.6) is 0 Å². The fraction of sp³-hybridized carbons (Fsp3) is 0.0833. The van der Waals surface area contributed by atoms with Crippen LogP contribution in [-0.2, 0) is 6.54 Å². The molecule has 1 heterocycles. The van der Waals surface area contributed by atoms with Crippen LogP contribution >= 0.6 is 0 Å². The highest BCUT2D eigenvalue weighted by Crippen LogP contribution is 2.20. The van der Waals surface area contributed by atoms with Gasteiger partial charge < -0.3 is 21.1 Å². The summed E-state index contributed by atoms with van der Waals surface area (Å²) in [6.45, 7) is 0.639. The summed E-state index contributed by atoms with van der Waals surface area (Å²) in [4.78, 5) is 13.7. The molecule has 0 spiro atoms. The van der Waals surface area contributed by atoms with Gasteiger partial charge in [-0.3, -0.25) is 0 Å². The summed E-state index contributed by atoms with van der Waals surface area (Å²) in [6, 6.07) is 6.60. The van der Waals surface area contributed by atoms with E-state index < -0.39 is 5.97 Å². The molecule has 5 heteroatoms. The first-order valence-electron chi connectivity index (χ1n) is 5.15. The molecule has 0 unspecified atom stereocenters. The highest BCUT2D eigenvalue weighted by atomic mass is 16.4. The number of hydrogen-bond donors (Lipinski definition) is 4. The summed E-state index contributed by atoms with van der Waals surface area (Å²) in [7, 11) is 0. The fourth-order valence-electron chi connectivity index (χ4n) is 1.52. The fourth-order valence-corrected chi connectivity index (χ4v) is 1.52. The van der Waals surface area contributed by atoms with Gasteiger partial charge in [0.25, 0.3) is 0 Å². The van der Waals surface area contributed by atoms with Crippen molar-refractivity contribution in [3.8, 4) is 0 Å². The van der Waals surface area contributed by atoms with Crippen LogP contribution in [0.15, 0.2) is 36.7 Å². The van der Waals surface area contributed by atoms with Gasteiger partial charge in [-0.2, -0.15) is 0 Å². The maximum Gasteiger partial charge on any atom is 0.335 e. The van der Waals surface area contributed by atoms with Gasteiger partial charge in [-0.25, -0.2) is 4.79 Å². The number of nitrogens with one attached hydrogen (secondary N) is 2. The predicted octanol–water partition coefficient (Wildman–Crippen LogP) is 1.91. The lowest BCUT2D eigenvalue weighted by Gasteiger charge is -2.08. The molecule has 1 aromatic heterocycles. The average Bonchev–Trinajstić information content (AvgIpc) is 2.80. The molecule has 17 heavy (non-hydrogen) atoms. The van der Waals surface area contributed by atoms with Crippen molar-refractivity contribution in [2.45, 2.75) is 6.54 Å². The van der Waals surface area contributed by atoms with Gasteiger partial charge in [0.2, 0.25) is 0 Å². The number of anilines is 2. The van der Waals surface area contributed by atoms with Crippen molar-refractivity contribution in [3.05, 3.63) is 47.8 Å². The lowest BCUT2D eigenvalue weighted by molar-refractivity contribution is 0.0697. The third kappa shape index (κ3) is 2.57. The lowest BCUT2D eigenvalue weighted by Crippen LogP contribution is -2.04. The molecule has 2 rings (SSSR count). The van der Waals surface area contributed by atoms with Crippen LogP contribution in [0.1, 0.15) is 15.9 Å². The van der Waals surface area contributed by atoms with Crippen molar-refractivity contribution in [2.24, 2.45) is 0 Å². The number of carboxylic acids is 1. The first kappa shape index (κ1) is 11.1. The highest BCUT2D eigenvalue weighted by molar-refractivity contribution is 5.90. The topological polar surface area (TPSA) is 91.1 Å². The maximum absolute atomic E-state index is 10.7. The Kier molecular flexibility index (Phi) is 3.00. The van der Waals surface area contributed by atoms with Crippen molar-refractivity contribution in [2.75, 3.05) is 11.1 Å². The quantitative estimate of drug-likeness (QED) is 0.605. The van der Waals surface area contributed by atoms with Crippen LogP contribution in [0.2, 0.25) is 0 Å². The van der Waals surface area contributed by atoms with Crippen LogP contribution in [0.4, 0.5) is 11.4 Å². The number of nitrogens with two attached hydrogens (primary N) is 1. The van der Waals surface area contributed by atoms with E-state index in [4.69, 9.17) is 10.8 Å². The molecule has 0 aliphatic heterocycles.